The van der Waals surface area contributed by atoms with Crippen LogP contribution in [0.5, 0.6) is 0 Å². The van der Waals surface area contributed by atoms with Crippen LogP contribution in [-0.2, 0) is 16.6 Å². The molecule has 1 aromatic carbocycles. The van der Waals surface area contributed by atoms with Crippen molar-refractivity contribution in [2.45, 2.75) is 37.8 Å². The Morgan fingerprint density at radius 3 is 2.75 bits per heavy atom. The van der Waals surface area contributed by atoms with Crippen molar-refractivity contribution in [1.82, 2.24) is 10.0 Å². The maximum atomic E-state index is 12.3. The van der Waals surface area contributed by atoms with Crippen LogP contribution in [-0.4, -0.2) is 33.0 Å². The molecule has 20 heavy (non-hydrogen) atoms. The Balaban J connectivity index is 2.76. The van der Waals surface area contributed by atoms with Gasteiger partial charge < -0.3 is 5.32 Å². The van der Waals surface area contributed by atoms with E-state index in [-0.39, 0.29) is 6.04 Å². The fourth-order valence-electron chi connectivity index (χ4n) is 1.78. The fraction of sp³-hybridized carbons (Fsp3) is 0.571. The van der Waals surface area contributed by atoms with Crippen LogP contribution < -0.4 is 10.0 Å². The van der Waals surface area contributed by atoms with Gasteiger partial charge in [-0.3, -0.25) is 0 Å². The first kappa shape index (κ1) is 17.5. The third-order valence-corrected chi connectivity index (χ3v) is 5.13. The van der Waals surface area contributed by atoms with Crippen molar-refractivity contribution >= 4 is 21.8 Å². The van der Waals surface area contributed by atoms with Gasteiger partial charge in [-0.2, -0.15) is 11.8 Å². The summed E-state index contributed by atoms with van der Waals surface area (Å²) in [5.74, 6) is 0.949. The average Bonchev–Trinajstić information content (AvgIpc) is 2.42. The highest BCUT2D eigenvalue weighted by Gasteiger charge is 2.17. The number of hydrogen-bond acceptors (Lipinski definition) is 4. The summed E-state index contributed by atoms with van der Waals surface area (Å²) in [4.78, 5) is 0.337. The van der Waals surface area contributed by atoms with E-state index in [1.54, 1.807) is 30.0 Å². The molecular weight excluding hydrogens is 292 g/mol. The Labute approximate surface area is 126 Å². The smallest absolute Gasteiger partial charge is 0.240 e. The molecule has 1 rings (SSSR count). The standard InChI is InChI=1S/C14H24N2O2S2/c1-4-15-11-13-6-5-7-14(10-13)20(17,18)16-12(2)8-9-19-3/h5-7,10,12,15-16H,4,8-9,11H2,1-3H3. The molecule has 0 aliphatic rings. The molecule has 1 unspecified atom stereocenters. The highest BCUT2D eigenvalue weighted by Crippen LogP contribution is 2.13. The second-order valence-corrected chi connectivity index (χ2v) is 7.43. The number of sulfonamides is 1. The molecule has 1 atom stereocenters. The molecule has 0 radical (unpaired) electrons. The number of rotatable bonds is 9. The lowest BCUT2D eigenvalue weighted by atomic mass is 10.2. The molecule has 6 heteroatoms. The summed E-state index contributed by atoms with van der Waals surface area (Å²) in [5.41, 5.74) is 0.978. The molecule has 0 fully saturated rings. The highest BCUT2D eigenvalue weighted by atomic mass is 32.2. The normalized spacial score (nSPS) is 13.3. The van der Waals surface area contributed by atoms with Gasteiger partial charge in [-0.15, -0.1) is 0 Å². The molecule has 0 aromatic heterocycles. The lowest BCUT2D eigenvalue weighted by Crippen LogP contribution is -2.33. The minimum atomic E-state index is -3.42. The predicted octanol–water partition coefficient (Wildman–Crippen LogP) is 2.22. The summed E-state index contributed by atoms with van der Waals surface area (Å²) in [6.07, 6.45) is 2.85. The van der Waals surface area contributed by atoms with E-state index in [0.29, 0.717) is 11.4 Å². The van der Waals surface area contributed by atoms with Gasteiger partial charge in [0.1, 0.15) is 0 Å². The van der Waals surface area contributed by atoms with E-state index in [1.807, 2.05) is 26.2 Å². The lowest BCUT2D eigenvalue weighted by molar-refractivity contribution is 0.557. The number of nitrogens with one attached hydrogen (secondary N) is 2. The van der Waals surface area contributed by atoms with Crippen molar-refractivity contribution in [2.75, 3.05) is 18.6 Å². The van der Waals surface area contributed by atoms with Crippen LogP contribution in [0.4, 0.5) is 0 Å². The Bertz CT molecular complexity index is 504. The van der Waals surface area contributed by atoms with Crippen molar-refractivity contribution < 1.29 is 8.42 Å². The molecule has 2 N–H and O–H groups in total. The van der Waals surface area contributed by atoms with Crippen molar-refractivity contribution in [1.29, 1.82) is 0 Å². The van der Waals surface area contributed by atoms with Crippen LogP contribution in [0.2, 0.25) is 0 Å². The summed E-state index contributed by atoms with van der Waals surface area (Å²) in [7, 11) is -3.42. The molecule has 0 bridgehead atoms. The Hall–Kier alpha value is -0.560. The van der Waals surface area contributed by atoms with Crippen molar-refractivity contribution in [3.05, 3.63) is 29.8 Å². The van der Waals surface area contributed by atoms with Gasteiger partial charge in [0.2, 0.25) is 10.0 Å². The fourth-order valence-corrected chi connectivity index (χ4v) is 3.72. The summed E-state index contributed by atoms with van der Waals surface area (Å²) < 4.78 is 27.3. The van der Waals surface area contributed by atoms with Gasteiger partial charge in [0, 0.05) is 12.6 Å². The summed E-state index contributed by atoms with van der Waals surface area (Å²) in [5, 5.41) is 3.19. The van der Waals surface area contributed by atoms with Gasteiger partial charge in [0.15, 0.2) is 0 Å². The molecule has 4 nitrogen and oxygen atoms in total. The zero-order valence-electron chi connectivity index (χ0n) is 12.3. The third kappa shape index (κ3) is 5.83. The van der Waals surface area contributed by atoms with E-state index in [9.17, 15) is 8.42 Å². The second kappa shape index (κ2) is 8.67. The first-order chi connectivity index (χ1) is 9.49. The van der Waals surface area contributed by atoms with Gasteiger partial charge in [0.05, 0.1) is 4.90 Å². The molecule has 0 amide bonds. The first-order valence-corrected chi connectivity index (χ1v) is 9.68. The van der Waals surface area contributed by atoms with Crippen LogP contribution in [0, 0.1) is 0 Å². The Kier molecular flexibility index (Phi) is 7.58. The molecule has 0 heterocycles. The van der Waals surface area contributed by atoms with E-state index < -0.39 is 10.0 Å². The summed E-state index contributed by atoms with van der Waals surface area (Å²) >= 11 is 1.72. The van der Waals surface area contributed by atoms with E-state index >= 15 is 0 Å². The van der Waals surface area contributed by atoms with Gasteiger partial charge >= 0.3 is 0 Å². The quantitative estimate of drug-likeness (QED) is 0.733. The van der Waals surface area contributed by atoms with Gasteiger partial charge in [-0.25, -0.2) is 13.1 Å². The maximum absolute atomic E-state index is 12.3. The monoisotopic (exact) mass is 316 g/mol. The van der Waals surface area contributed by atoms with Crippen LogP contribution in [0.25, 0.3) is 0 Å². The number of benzene rings is 1. The molecule has 1 aromatic rings. The minimum absolute atomic E-state index is 0.0510. The largest absolute Gasteiger partial charge is 0.313 e. The Morgan fingerprint density at radius 1 is 1.35 bits per heavy atom. The second-order valence-electron chi connectivity index (χ2n) is 4.73. The third-order valence-electron chi connectivity index (χ3n) is 2.90. The molecular formula is C14H24N2O2S2. The first-order valence-electron chi connectivity index (χ1n) is 6.80. The molecule has 0 saturated heterocycles. The van der Waals surface area contributed by atoms with Crippen LogP contribution in [0.15, 0.2) is 29.2 Å². The zero-order valence-corrected chi connectivity index (χ0v) is 14.0. The Morgan fingerprint density at radius 2 is 2.10 bits per heavy atom. The van der Waals surface area contributed by atoms with E-state index in [2.05, 4.69) is 10.0 Å². The summed E-state index contributed by atoms with van der Waals surface area (Å²) in [6.45, 7) is 5.47. The number of hydrogen-bond donors (Lipinski definition) is 2. The molecule has 0 aliphatic carbocycles. The minimum Gasteiger partial charge on any atom is -0.313 e. The van der Waals surface area contributed by atoms with Crippen LogP contribution in [0.1, 0.15) is 25.8 Å². The van der Waals surface area contributed by atoms with Crippen LogP contribution >= 0.6 is 11.8 Å². The van der Waals surface area contributed by atoms with Crippen molar-refractivity contribution in [3.63, 3.8) is 0 Å². The van der Waals surface area contributed by atoms with E-state index in [0.717, 1.165) is 24.3 Å². The zero-order chi connectivity index (χ0) is 15.0. The van der Waals surface area contributed by atoms with Gasteiger partial charge in [-0.1, -0.05) is 19.1 Å². The predicted molar refractivity (Wildman–Crippen MR) is 86.6 cm³/mol. The van der Waals surface area contributed by atoms with E-state index in [1.165, 1.54) is 0 Å². The van der Waals surface area contributed by atoms with Crippen molar-refractivity contribution in [2.24, 2.45) is 0 Å². The van der Waals surface area contributed by atoms with Crippen LogP contribution in [0.3, 0.4) is 0 Å². The topological polar surface area (TPSA) is 58.2 Å². The lowest BCUT2D eigenvalue weighted by Gasteiger charge is -2.14. The average molecular weight is 316 g/mol. The number of thioether (sulfide) groups is 1. The van der Waals surface area contributed by atoms with E-state index in [4.69, 9.17) is 0 Å². The van der Waals surface area contributed by atoms with Gasteiger partial charge in [-0.05, 0) is 49.6 Å². The summed E-state index contributed by atoms with van der Waals surface area (Å²) in [6, 6.07) is 7.03. The molecule has 0 saturated carbocycles. The maximum Gasteiger partial charge on any atom is 0.240 e. The molecule has 114 valence electrons. The highest BCUT2D eigenvalue weighted by molar-refractivity contribution is 7.98. The van der Waals surface area contributed by atoms with Gasteiger partial charge in [0.25, 0.3) is 0 Å². The SMILES string of the molecule is CCNCc1cccc(S(=O)(=O)NC(C)CCSC)c1. The molecule has 0 aliphatic heterocycles. The van der Waals surface area contributed by atoms with Crippen molar-refractivity contribution in [3.8, 4) is 0 Å². The molecule has 0 spiro atoms.